The van der Waals surface area contributed by atoms with Crippen molar-refractivity contribution in [2.75, 3.05) is 7.11 Å². The van der Waals surface area contributed by atoms with Crippen molar-refractivity contribution in [3.63, 3.8) is 0 Å². The molecule has 2 heteroatoms. The molecule has 100 valence electrons. The number of carbonyl (C=O) groups is 1. The van der Waals surface area contributed by atoms with Crippen LogP contribution in [0.5, 0.6) is 0 Å². The molecule has 0 aromatic carbocycles. The predicted molar refractivity (Wildman–Crippen MR) is 72.9 cm³/mol. The quantitative estimate of drug-likeness (QED) is 0.340. The summed E-state index contributed by atoms with van der Waals surface area (Å²) in [5, 5.41) is 0. The van der Waals surface area contributed by atoms with Crippen molar-refractivity contribution in [3.05, 3.63) is 12.2 Å². The Morgan fingerprint density at radius 2 is 1.94 bits per heavy atom. The van der Waals surface area contributed by atoms with Gasteiger partial charge in [-0.2, -0.15) is 0 Å². The Bertz CT molecular complexity index is 219. The molecule has 0 saturated heterocycles. The van der Waals surface area contributed by atoms with Gasteiger partial charge in [-0.1, -0.05) is 45.8 Å². The molecule has 2 nitrogen and oxygen atoms in total. The fraction of sp³-hybridized carbons (Fsp3) is 0.800. The molecule has 0 radical (unpaired) electrons. The van der Waals surface area contributed by atoms with Gasteiger partial charge in [0, 0.05) is 0 Å². The van der Waals surface area contributed by atoms with E-state index in [0.29, 0.717) is 5.92 Å². The molecule has 17 heavy (non-hydrogen) atoms. The first kappa shape index (κ1) is 16.2. The zero-order chi connectivity index (χ0) is 13.1. The minimum Gasteiger partial charge on any atom is -0.469 e. The topological polar surface area (TPSA) is 26.3 Å². The first-order valence-electron chi connectivity index (χ1n) is 6.84. The summed E-state index contributed by atoms with van der Waals surface area (Å²) in [6.07, 6.45) is 11.0. The van der Waals surface area contributed by atoms with Crippen molar-refractivity contribution < 1.29 is 9.53 Å². The largest absolute Gasteiger partial charge is 0.469 e. The van der Waals surface area contributed by atoms with E-state index in [2.05, 4.69) is 32.9 Å². The van der Waals surface area contributed by atoms with Crippen molar-refractivity contribution in [2.45, 2.75) is 59.3 Å². The number of carbonyl (C=O) groups excluding carboxylic acids is 1. The molecule has 1 atom stereocenters. The second-order valence-electron chi connectivity index (χ2n) is 5.05. The van der Waals surface area contributed by atoms with Crippen LogP contribution in [0.1, 0.15) is 59.3 Å². The molecule has 0 rings (SSSR count). The Morgan fingerprint density at radius 1 is 1.24 bits per heavy atom. The van der Waals surface area contributed by atoms with Crippen LogP contribution in [0.15, 0.2) is 12.2 Å². The lowest BCUT2D eigenvalue weighted by molar-refractivity contribution is -0.145. The molecule has 0 aromatic heterocycles. The van der Waals surface area contributed by atoms with E-state index in [9.17, 15) is 4.79 Å². The van der Waals surface area contributed by atoms with E-state index < -0.39 is 0 Å². The van der Waals surface area contributed by atoms with Gasteiger partial charge in [0.2, 0.25) is 0 Å². The third-order valence-electron chi connectivity index (χ3n) is 2.85. The molecule has 0 fully saturated rings. The molecule has 0 amide bonds. The minimum absolute atomic E-state index is 0.0300. The number of hydrogen-bond donors (Lipinski definition) is 0. The summed E-state index contributed by atoms with van der Waals surface area (Å²) in [6, 6.07) is 0. The molecule has 0 aromatic rings. The highest BCUT2D eigenvalue weighted by molar-refractivity contribution is 5.72. The van der Waals surface area contributed by atoms with Gasteiger partial charge < -0.3 is 4.74 Å². The van der Waals surface area contributed by atoms with E-state index in [1.807, 2.05) is 0 Å². The smallest absolute Gasteiger partial charge is 0.308 e. The molecule has 0 spiro atoms. The third kappa shape index (κ3) is 8.96. The highest BCUT2D eigenvalue weighted by atomic mass is 16.5. The predicted octanol–water partition coefficient (Wildman–Crippen LogP) is 4.35. The zero-order valence-corrected chi connectivity index (χ0v) is 11.9. The average Bonchev–Trinajstić information content (AvgIpc) is 2.30. The van der Waals surface area contributed by atoms with E-state index in [4.69, 9.17) is 4.74 Å². The van der Waals surface area contributed by atoms with Gasteiger partial charge in [0.15, 0.2) is 0 Å². The zero-order valence-electron chi connectivity index (χ0n) is 11.9. The Kier molecular flexibility index (Phi) is 9.89. The van der Waals surface area contributed by atoms with E-state index in [-0.39, 0.29) is 11.9 Å². The van der Waals surface area contributed by atoms with Crippen LogP contribution in [-0.4, -0.2) is 13.1 Å². The molecule has 0 aliphatic heterocycles. The van der Waals surface area contributed by atoms with Crippen molar-refractivity contribution in [1.29, 1.82) is 0 Å². The lowest BCUT2D eigenvalue weighted by Crippen LogP contribution is -2.17. The lowest BCUT2D eigenvalue weighted by Gasteiger charge is -2.14. The SMILES string of the molecule is CCCCC/C=C/CC(CC(C)C)C(=O)OC. The summed E-state index contributed by atoms with van der Waals surface area (Å²) in [6.45, 7) is 6.49. The monoisotopic (exact) mass is 240 g/mol. The van der Waals surface area contributed by atoms with Crippen molar-refractivity contribution >= 4 is 5.97 Å². The standard InChI is InChI=1S/C15H28O2/c1-5-6-7-8-9-10-11-14(12-13(2)3)15(16)17-4/h9-10,13-14H,5-8,11-12H2,1-4H3/b10-9+. The Hall–Kier alpha value is -0.790. The number of methoxy groups -OCH3 is 1. The summed E-state index contributed by atoms with van der Waals surface area (Å²) < 4.78 is 4.84. The minimum atomic E-state index is -0.0723. The number of allylic oxidation sites excluding steroid dienone is 2. The highest BCUT2D eigenvalue weighted by Gasteiger charge is 2.18. The van der Waals surface area contributed by atoms with E-state index in [0.717, 1.165) is 19.3 Å². The fourth-order valence-corrected chi connectivity index (χ4v) is 1.91. The van der Waals surface area contributed by atoms with Crippen LogP contribution in [0.4, 0.5) is 0 Å². The van der Waals surface area contributed by atoms with Crippen LogP contribution in [0.2, 0.25) is 0 Å². The van der Waals surface area contributed by atoms with Crippen LogP contribution in [-0.2, 0) is 9.53 Å². The first-order chi connectivity index (χ1) is 8.11. The van der Waals surface area contributed by atoms with E-state index in [1.165, 1.54) is 26.4 Å². The maximum Gasteiger partial charge on any atom is 0.308 e. The summed E-state index contributed by atoms with van der Waals surface area (Å²) in [5.41, 5.74) is 0. The van der Waals surface area contributed by atoms with Gasteiger partial charge in [0.1, 0.15) is 0 Å². The van der Waals surface area contributed by atoms with Crippen LogP contribution in [0.3, 0.4) is 0 Å². The molecular formula is C15H28O2. The fourth-order valence-electron chi connectivity index (χ4n) is 1.91. The average molecular weight is 240 g/mol. The number of hydrogen-bond acceptors (Lipinski definition) is 2. The second kappa shape index (κ2) is 10.4. The van der Waals surface area contributed by atoms with E-state index >= 15 is 0 Å². The Balaban J connectivity index is 3.94. The maximum atomic E-state index is 11.6. The Labute approximate surface area is 106 Å². The van der Waals surface area contributed by atoms with Gasteiger partial charge in [0.05, 0.1) is 13.0 Å². The van der Waals surface area contributed by atoms with Gasteiger partial charge in [-0.15, -0.1) is 0 Å². The van der Waals surface area contributed by atoms with Crippen molar-refractivity contribution in [1.82, 2.24) is 0 Å². The van der Waals surface area contributed by atoms with Gasteiger partial charge in [-0.3, -0.25) is 4.79 Å². The molecule has 0 bridgehead atoms. The number of unbranched alkanes of at least 4 members (excludes halogenated alkanes) is 3. The molecule has 0 saturated carbocycles. The van der Waals surface area contributed by atoms with Gasteiger partial charge >= 0.3 is 5.97 Å². The summed E-state index contributed by atoms with van der Waals surface area (Å²) in [4.78, 5) is 11.6. The molecule has 0 N–H and O–H groups in total. The molecule has 0 aliphatic rings. The normalized spacial score (nSPS) is 13.2. The van der Waals surface area contributed by atoms with Crippen LogP contribution in [0, 0.1) is 11.8 Å². The van der Waals surface area contributed by atoms with Crippen molar-refractivity contribution in [3.8, 4) is 0 Å². The maximum absolute atomic E-state index is 11.6. The number of esters is 1. The van der Waals surface area contributed by atoms with Crippen molar-refractivity contribution in [2.24, 2.45) is 11.8 Å². The summed E-state index contributed by atoms with van der Waals surface area (Å²) in [7, 11) is 1.47. The molecule has 0 aliphatic carbocycles. The third-order valence-corrected chi connectivity index (χ3v) is 2.85. The van der Waals surface area contributed by atoms with Gasteiger partial charge in [0.25, 0.3) is 0 Å². The van der Waals surface area contributed by atoms with Crippen LogP contribution >= 0.6 is 0 Å². The van der Waals surface area contributed by atoms with Crippen LogP contribution in [0.25, 0.3) is 0 Å². The number of rotatable bonds is 9. The summed E-state index contributed by atoms with van der Waals surface area (Å²) in [5.74, 6) is 0.493. The van der Waals surface area contributed by atoms with Gasteiger partial charge in [-0.05, 0) is 31.6 Å². The first-order valence-corrected chi connectivity index (χ1v) is 6.84. The molecule has 1 unspecified atom stereocenters. The molecule has 0 heterocycles. The summed E-state index contributed by atoms with van der Waals surface area (Å²) >= 11 is 0. The Morgan fingerprint density at radius 3 is 2.47 bits per heavy atom. The lowest BCUT2D eigenvalue weighted by atomic mass is 9.94. The molecular weight excluding hydrogens is 212 g/mol. The van der Waals surface area contributed by atoms with Crippen LogP contribution < -0.4 is 0 Å². The number of ether oxygens (including phenoxy) is 1. The van der Waals surface area contributed by atoms with Gasteiger partial charge in [-0.25, -0.2) is 0 Å². The second-order valence-corrected chi connectivity index (χ2v) is 5.05. The highest BCUT2D eigenvalue weighted by Crippen LogP contribution is 2.17. The van der Waals surface area contributed by atoms with E-state index in [1.54, 1.807) is 0 Å².